The van der Waals surface area contributed by atoms with Crippen LogP contribution in [0.1, 0.15) is 26.5 Å². The molecule has 1 N–H and O–H groups in total. The molecule has 17 heavy (non-hydrogen) atoms. The molecule has 84 valence electrons. The summed E-state index contributed by atoms with van der Waals surface area (Å²) in [4.78, 5) is 25.9. The Labute approximate surface area is 101 Å². The molecule has 0 aliphatic heterocycles. The lowest BCUT2D eigenvalue weighted by molar-refractivity contribution is 0.104. The van der Waals surface area contributed by atoms with E-state index in [4.69, 9.17) is 5.26 Å². The second kappa shape index (κ2) is 4.36. The van der Waals surface area contributed by atoms with E-state index in [0.717, 1.165) is 11.3 Å². The van der Waals surface area contributed by atoms with Gasteiger partial charge >= 0.3 is 4.87 Å². The van der Waals surface area contributed by atoms with Gasteiger partial charge in [-0.15, -0.1) is 0 Å². The zero-order chi connectivity index (χ0) is 12.4. The fourth-order valence-electron chi connectivity index (χ4n) is 1.45. The fourth-order valence-corrected chi connectivity index (χ4v) is 2.25. The molecule has 2 aromatic rings. The maximum Gasteiger partial charge on any atom is 0.305 e. The topological polar surface area (TPSA) is 73.7 Å². The Balaban J connectivity index is 2.41. The number of nitrogens with zero attached hydrogens (tertiary/aromatic N) is 1. The highest BCUT2D eigenvalue weighted by molar-refractivity contribution is 7.11. The molecule has 0 spiro atoms. The van der Waals surface area contributed by atoms with Crippen LogP contribution in [0, 0.1) is 18.3 Å². The summed E-state index contributed by atoms with van der Waals surface area (Å²) in [7, 11) is 0. The molecule has 4 nitrogen and oxygen atoms in total. The van der Waals surface area contributed by atoms with E-state index in [2.05, 4.69) is 4.98 Å². The summed E-state index contributed by atoms with van der Waals surface area (Å²) < 4.78 is 0. The smallest absolute Gasteiger partial charge is 0.305 e. The first kappa shape index (κ1) is 11.3. The van der Waals surface area contributed by atoms with Crippen molar-refractivity contribution < 1.29 is 4.79 Å². The Bertz CT molecular complexity index is 659. The minimum Gasteiger partial charge on any atom is -0.316 e. The van der Waals surface area contributed by atoms with Gasteiger partial charge in [0.1, 0.15) is 0 Å². The highest BCUT2D eigenvalue weighted by Gasteiger charge is 2.15. The molecule has 0 amide bonds. The number of nitriles is 1. The molecular weight excluding hydrogens is 236 g/mol. The summed E-state index contributed by atoms with van der Waals surface area (Å²) in [6, 6.07) is 8.32. The molecule has 2 rings (SSSR count). The number of H-pyrrole nitrogens is 1. The fraction of sp³-hybridized carbons (Fsp3) is 0.0833. The molecular formula is C12H8N2O2S. The average Bonchev–Trinajstić information content (AvgIpc) is 2.68. The number of aromatic amines is 1. The lowest BCUT2D eigenvalue weighted by Crippen LogP contribution is -2.00. The van der Waals surface area contributed by atoms with E-state index in [9.17, 15) is 9.59 Å². The summed E-state index contributed by atoms with van der Waals surface area (Å²) in [5.41, 5.74) is 1.55. The predicted octanol–water partition coefficient (Wildman–Crippen LogP) is 1.85. The van der Waals surface area contributed by atoms with Crippen LogP contribution < -0.4 is 4.87 Å². The number of nitrogens with one attached hydrogen (secondary N) is 1. The molecule has 1 heterocycles. The number of carbonyl (C=O) groups excluding carboxylic acids is 1. The third-order valence-electron chi connectivity index (χ3n) is 2.31. The summed E-state index contributed by atoms with van der Waals surface area (Å²) in [5, 5.41) is 8.65. The number of hydrogen-bond donors (Lipinski definition) is 1. The van der Waals surface area contributed by atoms with Crippen molar-refractivity contribution in [3.05, 3.63) is 55.6 Å². The van der Waals surface area contributed by atoms with E-state index < -0.39 is 0 Å². The monoisotopic (exact) mass is 244 g/mol. The number of aryl methyl sites for hydroxylation is 1. The zero-order valence-corrected chi connectivity index (χ0v) is 9.80. The molecule has 0 saturated carbocycles. The van der Waals surface area contributed by atoms with Crippen molar-refractivity contribution in [1.29, 1.82) is 5.26 Å². The third-order valence-corrected chi connectivity index (χ3v) is 3.29. The average molecular weight is 244 g/mol. The van der Waals surface area contributed by atoms with Gasteiger partial charge in [0.2, 0.25) is 5.78 Å². The van der Waals surface area contributed by atoms with E-state index in [1.165, 1.54) is 0 Å². The van der Waals surface area contributed by atoms with E-state index >= 15 is 0 Å². The first-order chi connectivity index (χ1) is 8.11. The minimum absolute atomic E-state index is 0.199. The van der Waals surface area contributed by atoms with Crippen LogP contribution in [0.5, 0.6) is 0 Å². The molecule has 0 aliphatic rings. The van der Waals surface area contributed by atoms with Crippen LogP contribution in [0.15, 0.2) is 29.1 Å². The van der Waals surface area contributed by atoms with Crippen molar-refractivity contribution in [3.8, 4) is 6.07 Å². The normalized spacial score (nSPS) is 9.88. The summed E-state index contributed by atoms with van der Waals surface area (Å²) >= 11 is 0.902. The molecule has 0 saturated heterocycles. The molecule has 0 unspecified atom stereocenters. The number of benzene rings is 1. The number of aromatic nitrogens is 1. The Kier molecular flexibility index (Phi) is 2.90. The second-order valence-electron chi connectivity index (χ2n) is 3.49. The molecule has 1 aromatic carbocycles. The molecule has 0 radical (unpaired) electrons. The van der Waals surface area contributed by atoms with Gasteiger partial charge < -0.3 is 4.98 Å². The molecule has 0 fully saturated rings. The van der Waals surface area contributed by atoms with Crippen molar-refractivity contribution in [3.63, 3.8) is 0 Å². The van der Waals surface area contributed by atoms with Crippen LogP contribution in [-0.4, -0.2) is 10.8 Å². The number of thiazole rings is 1. The van der Waals surface area contributed by atoms with Gasteiger partial charge in [-0.25, -0.2) is 0 Å². The highest BCUT2D eigenvalue weighted by Crippen LogP contribution is 2.15. The molecule has 5 heteroatoms. The number of rotatable bonds is 2. The van der Waals surface area contributed by atoms with Crippen LogP contribution >= 0.6 is 11.3 Å². The van der Waals surface area contributed by atoms with E-state index in [1.54, 1.807) is 31.2 Å². The highest BCUT2D eigenvalue weighted by atomic mass is 32.1. The number of carbonyl (C=O) groups is 1. The van der Waals surface area contributed by atoms with Crippen LogP contribution in [0.2, 0.25) is 0 Å². The molecule has 0 aliphatic carbocycles. The molecule has 1 aromatic heterocycles. The van der Waals surface area contributed by atoms with E-state index in [1.807, 2.05) is 6.07 Å². The second-order valence-corrected chi connectivity index (χ2v) is 4.47. The largest absolute Gasteiger partial charge is 0.316 e. The van der Waals surface area contributed by atoms with Crippen LogP contribution in [-0.2, 0) is 0 Å². The number of hydrogen-bond acceptors (Lipinski definition) is 4. The van der Waals surface area contributed by atoms with Gasteiger partial charge in [0, 0.05) is 11.3 Å². The standard InChI is InChI=1S/C12H8N2O2S/c1-7-11(17-12(16)14-7)10(15)9-4-2-8(6-13)3-5-9/h2-5H,1H3,(H,14,16). The molecule has 0 bridgehead atoms. The lowest BCUT2D eigenvalue weighted by atomic mass is 10.1. The van der Waals surface area contributed by atoms with Crippen molar-refractivity contribution in [2.24, 2.45) is 0 Å². The van der Waals surface area contributed by atoms with Gasteiger partial charge in [0.25, 0.3) is 0 Å². The number of ketones is 1. The predicted molar refractivity (Wildman–Crippen MR) is 64.3 cm³/mol. The van der Waals surface area contributed by atoms with E-state index in [-0.39, 0.29) is 10.7 Å². The van der Waals surface area contributed by atoms with Gasteiger partial charge in [-0.1, -0.05) is 11.3 Å². The van der Waals surface area contributed by atoms with Crippen molar-refractivity contribution in [2.75, 3.05) is 0 Å². The SMILES string of the molecule is Cc1[nH]c(=O)sc1C(=O)c1ccc(C#N)cc1. The lowest BCUT2D eigenvalue weighted by Gasteiger charge is -1.98. The Morgan fingerprint density at radius 3 is 2.47 bits per heavy atom. The van der Waals surface area contributed by atoms with E-state index in [0.29, 0.717) is 21.7 Å². The van der Waals surface area contributed by atoms with Crippen molar-refractivity contribution >= 4 is 17.1 Å². The van der Waals surface area contributed by atoms with Crippen LogP contribution in [0.4, 0.5) is 0 Å². The summed E-state index contributed by atoms with van der Waals surface area (Å²) in [6.45, 7) is 1.69. The maximum absolute atomic E-state index is 12.0. The maximum atomic E-state index is 12.0. The van der Waals surface area contributed by atoms with Gasteiger partial charge in [0.05, 0.1) is 16.5 Å². The van der Waals surface area contributed by atoms with Crippen molar-refractivity contribution in [2.45, 2.75) is 6.92 Å². The van der Waals surface area contributed by atoms with Gasteiger partial charge in [-0.05, 0) is 31.2 Å². The van der Waals surface area contributed by atoms with Gasteiger partial charge in [0.15, 0.2) is 0 Å². The van der Waals surface area contributed by atoms with Crippen LogP contribution in [0.3, 0.4) is 0 Å². The van der Waals surface area contributed by atoms with Crippen molar-refractivity contribution in [1.82, 2.24) is 4.98 Å². The Morgan fingerprint density at radius 1 is 1.35 bits per heavy atom. The summed E-state index contributed by atoms with van der Waals surface area (Å²) in [6.07, 6.45) is 0. The van der Waals surface area contributed by atoms with Gasteiger partial charge in [-0.3, -0.25) is 9.59 Å². The minimum atomic E-state index is -0.237. The quantitative estimate of drug-likeness (QED) is 0.819. The zero-order valence-electron chi connectivity index (χ0n) is 8.98. The first-order valence-corrected chi connectivity index (χ1v) is 5.68. The first-order valence-electron chi connectivity index (χ1n) is 4.86. The molecule has 0 atom stereocenters. The summed E-state index contributed by atoms with van der Waals surface area (Å²) in [5.74, 6) is -0.199. The third kappa shape index (κ3) is 2.17. The Hall–Kier alpha value is -2.19. The van der Waals surface area contributed by atoms with Crippen LogP contribution in [0.25, 0.3) is 0 Å². The Morgan fingerprint density at radius 2 is 2.00 bits per heavy atom. The van der Waals surface area contributed by atoms with Gasteiger partial charge in [-0.2, -0.15) is 5.26 Å².